The molecule has 2 aromatic rings. The maximum atomic E-state index is 11.4. The van der Waals surface area contributed by atoms with E-state index < -0.39 is 11.4 Å². The maximum Gasteiger partial charge on any atom is 0.347 e. The van der Waals surface area contributed by atoms with Crippen LogP contribution in [0.4, 0.5) is 0 Å². The first kappa shape index (κ1) is 10.5. The predicted octanol–water partition coefficient (Wildman–Crippen LogP) is 1.27. The van der Waals surface area contributed by atoms with Crippen LogP contribution in [0, 0.1) is 0 Å². The zero-order chi connectivity index (χ0) is 11.7. The fourth-order valence-corrected chi connectivity index (χ4v) is 1.40. The number of benzene rings is 1. The van der Waals surface area contributed by atoms with Gasteiger partial charge in [0.05, 0.1) is 7.85 Å². The summed E-state index contributed by atoms with van der Waals surface area (Å²) in [6.45, 7) is 0. The Balaban J connectivity index is 2.72. The molecule has 5 heteroatoms. The van der Waals surface area contributed by atoms with Crippen molar-refractivity contribution < 1.29 is 14.3 Å². The molecule has 0 saturated carbocycles. The molecule has 1 heterocycles. The van der Waals surface area contributed by atoms with E-state index in [1.165, 1.54) is 18.2 Å². The second-order valence-corrected chi connectivity index (χ2v) is 3.30. The van der Waals surface area contributed by atoms with Crippen molar-refractivity contribution in [3.8, 4) is 5.75 Å². The Bertz CT molecular complexity index is 615. The first-order valence-corrected chi connectivity index (χ1v) is 4.62. The number of hydrogen-bond acceptors (Lipinski definition) is 4. The molecule has 1 N–H and O–H groups in total. The van der Waals surface area contributed by atoms with Gasteiger partial charge in [0.15, 0.2) is 5.78 Å². The Labute approximate surface area is 91.9 Å². The van der Waals surface area contributed by atoms with E-state index in [1.807, 2.05) is 0 Å². The van der Waals surface area contributed by atoms with Gasteiger partial charge in [0, 0.05) is 11.5 Å². The summed E-state index contributed by atoms with van der Waals surface area (Å²) < 4.78 is 4.90. The lowest BCUT2D eigenvalue weighted by atomic mass is 9.96. The highest BCUT2D eigenvalue weighted by atomic mass is 16.4. The van der Waals surface area contributed by atoms with Gasteiger partial charge < -0.3 is 9.52 Å². The summed E-state index contributed by atoms with van der Waals surface area (Å²) in [4.78, 5) is 22.7. The van der Waals surface area contributed by atoms with Gasteiger partial charge in [-0.3, -0.25) is 4.79 Å². The summed E-state index contributed by atoms with van der Waals surface area (Å²) in [6.07, 6.45) is -0.242. The Morgan fingerprint density at radius 1 is 1.38 bits per heavy atom. The maximum absolute atomic E-state index is 11.4. The van der Waals surface area contributed by atoms with Crippen LogP contribution in [0.3, 0.4) is 0 Å². The lowest BCUT2D eigenvalue weighted by Gasteiger charge is -2.00. The summed E-state index contributed by atoms with van der Waals surface area (Å²) in [5.41, 5.74) is -0.576. The zero-order valence-corrected chi connectivity index (χ0v) is 8.27. The Morgan fingerprint density at radius 2 is 2.12 bits per heavy atom. The van der Waals surface area contributed by atoms with Crippen LogP contribution >= 0.6 is 0 Å². The van der Waals surface area contributed by atoms with Crippen LogP contribution in [0.25, 0.3) is 11.0 Å². The van der Waals surface area contributed by atoms with Gasteiger partial charge in [-0.25, -0.2) is 4.79 Å². The van der Waals surface area contributed by atoms with E-state index in [9.17, 15) is 14.7 Å². The highest BCUT2D eigenvalue weighted by molar-refractivity contribution is 6.24. The van der Waals surface area contributed by atoms with Crippen molar-refractivity contribution in [3.63, 3.8) is 0 Å². The standard InChI is InChI=1S/C11H7BO4/c12-5-9(14)8-3-6-1-2-7(13)4-10(6)16-11(8)15/h1-4,13H,5H2. The SMILES string of the molecule is [B]CC(=O)c1cc2ccc(O)cc2oc1=O. The minimum atomic E-state index is -0.742. The molecule has 0 fully saturated rings. The quantitative estimate of drug-likeness (QED) is 0.464. The third kappa shape index (κ3) is 1.71. The van der Waals surface area contributed by atoms with E-state index >= 15 is 0 Å². The molecular formula is C11H7BO4. The van der Waals surface area contributed by atoms with Crippen molar-refractivity contribution in [1.82, 2.24) is 0 Å². The van der Waals surface area contributed by atoms with Crippen molar-refractivity contribution in [2.45, 2.75) is 6.32 Å². The van der Waals surface area contributed by atoms with Crippen LogP contribution in [0.5, 0.6) is 5.75 Å². The normalized spacial score (nSPS) is 10.5. The molecule has 0 unspecified atom stereocenters. The minimum Gasteiger partial charge on any atom is -0.508 e. The van der Waals surface area contributed by atoms with E-state index in [0.717, 1.165) is 0 Å². The summed E-state index contributed by atoms with van der Waals surface area (Å²) in [5, 5.41) is 9.76. The highest BCUT2D eigenvalue weighted by Crippen LogP contribution is 2.19. The summed E-state index contributed by atoms with van der Waals surface area (Å²) in [5.74, 6) is -0.475. The van der Waals surface area contributed by atoms with Crippen molar-refractivity contribution in [2.24, 2.45) is 0 Å². The Kier molecular flexibility index (Phi) is 2.52. The van der Waals surface area contributed by atoms with Crippen molar-refractivity contribution >= 4 is 24.6 Å². The Morgan fingerprint density at radius 3 is 2.81 bits per heavy atom. The molecule has 4 nitrogen and oxygen atoms in total. The van der Waals surface area contributed by atoms with Crippen molar-refractivity contribution in [1.29, 1.82) is 0 Å². The number of rotatable bonds is 2. The predicted molar refractivity (Wildman–Crippen MR) is 59.0 cm³/mol. The summed E-state index contributed by atoms with van der Waals surface area (Å²) in [7, 11) is 5.17. The van der Waals surface area contributed by atoms with Crippen molar-refractivity contribution in [2.75, 3.05) is 0 Å². The number of carbonyl (C=O) groups is 1. The van der Waals surface area contributed by atoms with Crippen LogP contribution in [0.15, 0.2) is 33.5 Å². The minimum absolute atomic E-state index is 0.00597. The number of ketones is 1. The molecule has 0 bridgehead atoms. The van der Waals surface area contributed by atoms with Gasteiger partial charge >= 0.3 is 5.63 Å². The number of hydrogen-bond donors (Lipinski definition) is 1. The summed E-state index contributed by atoms with van der Waals surface area (Å²) >= 11 is 0. The van der Waals surface area contributed by atoms with E-state index in [2.05, 4.69) is 0 Å². The zero-order valence-electron chi connectivity index (χ0n) is 8.27. The molecule has 0 amide bonds. The van der Waals surface area contributed by atoms with Gasteiger partial charge in [0.1, 0.15) is 16.9 Å². The summed E-state index contributed by atoms with van der Waals surface area (Å²) in [6, 6.07) is 5.73. The average molecular weight is 214 g/mol. The second-order valence-electron chi connectivity index (χ2n) is 3.30. The molecule has 0 spiro atoms. The Hall–Kier alpha value is -2.04. The molecule has 78 valence electrons. The lowest BCUT2D eigenvalue weighted by Crippen LogP contribution is -2.13. The molecule has 0 aliphatic rings. The number of fused-ring (bicyclic) bond motifs is 1. The number of phenols is 1. The third-order valence-corrected chi connectivity index (χ3v) is 2.21. The average Bonchev–Trinajstić information content (AvgIpc) is 2.27. The topological polar surface area (TPSA) is 67.5 Å². The fourth-order valence-electron chi connectivity index (χ4n) is 1.40. The van der Waals surface area contributed by atoms with Crippen LogP contribution < -0.4 is 5.63 Å². The van der Waals surface area contributed by atoms with E-state index in [4.69, 9.17) is 12.3 Å². The van der Waals surface area contributed by atoms with E-state index in [1.54, 1.807) is 6.07 Å². The smallest absolute Gasteiger partial charge is 0.347 e. The highest BCUT2D eigenvalue weighted by Gasteiger charge is 2.11. The first-order chi connectivity index (χ1) is 7.61. The number of Topliss-reactive ketones (excluding diaryl/α,β-unsaturated/α-hetero) is 1. The molecule has 2 radical (unpaired) electrons. The van der Waals surface area contributed by atoms with Gasteiger partial charge in [-0.2, -0.15) is 0 Å². The lowest BCUT2D eigenvalue weighted by molar-refractivity contribution is 0.101. The van der Waals surface area contributed by atoms with Gasteiger partial charge in [-0.05, 0) is 24.5 Å². The van der Waals surface area contributed by atoms with E-state index in [0.29, 0.717) is 5.39 Å². The van der Waals surface area contributed by atoms with Crippen LogP contribution in [0.2, 0.25) is 6.32 Å². The number of aromatic hydroxyl groups is 1. The van der Waals surface area contributed by atoms with Crippen LogP contribution in [-0.2, 0) is 0 Å². The fraction of sp³-hybridized carbons (Fsp3) is 0.0909. The molecule has 2 rings (SSSR count). The molecule has 1 aromatic carbocycles. The van der Waals surface area contributed by atoms with Gasteiger partial charge in [-0.15, -0.1) is 0 Å². The van der Waals surface area contributed by atoms with Gasteiger partial charge in [0.2, 0.25) is 0 Å². The number of phenolic OH excluding ortho intramolecular Hbond substituents is 1. The molecular weight excluding hydrogens is 207 g/mol. The molecule has 0 aliphatic carbocycles. The largest absolute Gasteiger partial charge is 0.508 e. The molecule has 0 saturated heterocycles. The first-order valence-electron chi connectivity index (χ1n) is 4.62. The molecule has 0 atom stereocenters. The van der Waals surface area contributed by atoms with Gasteiger partial charge in [0.25, 0.3) is 0 Å². The monoisotopic (exact) mass is 214 g/mol. The van der Waals surface area contributed by atoms with Gasteiger partial charge in [-0.1, -0.05) is 0 Å². The van der Waals surface area contributed by atoms with Crippen LogP contribution in [0.1, 0.15) is 10.4 Å². The van der Waals surface area contributed by atoms with Crippen molar-refractivity contribution in [3.05, 3.63) is 40.2 Å². The third-order valence-electron chi connectivity index (χ3n) is 2.21. The molecule has 0 aliphatic heterocycles. The molecule has 1 aromatic heterocycles. The molecule has 16 heavy (non-hydrogen) atoms. The second kappa shape index (κ2) is 3.85. The number of carbonyl (C=O) groups excluding carboxylic acids is 1. The van der Waals surface area contributed by atoms with Crippen LogP contribution in [-0.4, -0.2) is 18.7 Å². The van der Waals surface area contributed by atoms with E-state index in [-0.39, 0.29) is 23.2 Å².